The minimum atomic E-state index is -0.587. The summed E-state index contributed by atoms with van der Waals surface area (Å²) in [5, 5.41) is 13.6. The average Bonchev–Trinajstić information content (AvgIpc) is 2.63. The van der Waals surface area contributed by atoms with E-state index in [-0.39, 0.29) is 36.9 Å². The highest BCUT2D eigenvalue weighted by atomic mass is 19.1. The van der Waals surface area contributed by atoms with Gasteiger partial charge in [0.15, 0.2) is 6.61 Å². The van der Waals surface area contributed by atoms with Gasteiger partial charge in [0, 0.05) is 18.7 Å². The topological polar surface area (TPSA) is 102 Å². The maximum Gasteiger partial charge on any atom is 0.271 e. The lowest BCUT2D eigenvalue weighted by Crippen LogP contribution is -2.45. The summed E-state index contributed by atoms with van der Waals surface area (Å²) in [6.45, 7) is -0.274. The van der Waals surface area contributed by atoms with Crippen LogP contribution >= 0.6 is 0 Å². The number of hydrogen-bond donors (Lipinski definition) is 1. The van der Waals surface area contributed by atoms with Crippen molar-refractivity contribution in [3.63, 3.8) is 0 Å². The highest BCUT2D eigenvalue weighted by Crippen LogP contribution is 2.35. The summed E-state index contributed by atoms with van der Waals surface area (Å²) >= 11 is 0. The zero-order chi connectivity index (χ0) is 19.4. The predicted octanol–water partition coefficient (Wildman–Crippen LogP) is 1.82. The van der Waals surface area contributed by atoms with Crippen molar-refractivity contribution in [1.82, 2.24) is 5.32 Å². The summed E-state index contributed by atoms with van der Waals surface area (Å²) < 4.78 is 18.4. The second-order valence-corrected chi connectivity index (χ2v) is 5.91. The summed E-state index contributed by atoms with van der Waals surface area (Å²) in [5.74, 6) is -0.953. The molecular weight excluding hydrogens is 357 g/mol. The smallest absolute Gasteiger partial charge is 0.271 e. The highest BCUT2D eigenvalue weighted by molar-refractivity contribution is 6.02. The molecule has 0 fully saturated rings. The third kappa shape index (κ3) is 4.38. The van der Waals surface area contributed by atoms with Crippen molar-refractivity contribution >= 4 is 23.2 Å². The van der Waals surface area contributed by atoms with Crippen molar-refractivity contribution < 1.29 is 23.6 Å². The first-order valence-electron chi connectivity index (χ1n) is 8.17. The number of non-ortho nitro benzene ring substituents is 1. The fraction of sp³-hybridized carbons (Fsp3) is 0.222. The number of nitro groups is 1. The van der Waals surface area contributed by atoms with Crippen LogP contribution in [-0.4, -0.2) is 36.4 Å². The second-order valence-electron chi connectivity index (χ2n) is 5.91. The molecule has 1 aliphatic heterocycles. The number of amides is 2. The van der Waals surface area contributed by atoms with Gasteiger partial charge in [0.2, 0.25) is 5.91 Å². The maximum atomic E-state index is 13.1. The zero-order valence-corrected chi connectivity index (χ0v) is 14.2. The number of carbonyl (C=O) groups is 2. The van der Waals surface area contributed by atoms with E-state index in [0.29, 0.717) is 12.2 Å². The highest BCUT2D eigenvalue weighted by Gasteiger charge is 2.29. The van der Waals surface area contributed by atoms with E-state index >= 15 is 0 Å². The van der Waals surface area contributed by atoms with Crippen LogP contribution in [0, 0.1) is 15.9 Å². The van der Waals surface area contributed by atoms with Crippen molar-refractivity contribution in [3.8, 4) is 5.75 Å². The van der Waals surface area contributed by atoms with E-state index in [4.69, 9.17) is 4.74 Å². The van der Waals surface area contributed by atoms with Gasteiger partial charge < -0.3 is 10.1 Å². The number of fused-ring (bicyclic) bond motifs is 1. The molecule has 0 atom stereocenters. The lowest BCUT2D eigenvalue weighted by molar-refractivity contribution is -0.384. The Bertz CT molecular complexity index is 902. The molecule has 3 rings (SSSR count). The molecule has 1 aliphatic rings. The first-order chi connectivity index (χ1) is 12.9. The van der Waals surface area contributed by atoms with Gasteiger partial charge in [0.1, 0.15) is 18.1 Å². The fourth-order valence-electron chi connectivity index (χ4n) is 2.72. The lowest BCUT2D eigenvalue weighted by Gasteiger charge is -2.28. The number of nitrogens with zero attached hydrogens (tertiary/aromatic N) is 2. The Hall–Kier alpha value is -3.49. The number of nitrogens with one attached hydrogen (secondary N) is 1. The van der Waals surface area contributed by atoms with E-state index in [0.717, 1.165) is 10.5 Å². The number of anilines is 1. The van der Waals surface area contributed by atoms with Gasteiger partial charge in [-0.2, -0.15) is 0 Å². The Morgan fingerprint density at radius 3 is 2.85 bits per heavy atom. The zero-order valence-electron chi connectivity index (χ0n) is 14.2. The molecule has 0 radical (unpaired) electrons. The predicted molar refractivity (Wildman–Crippen MR) is 94.1 cm³/mol. The molecule has 0 saturated heterocycles. The van der Waals surface area contributed by atoms with Crippen LogP contribution in [0.5, 0.6) is 5.75 Å². The number of hydrogen-bond acceptors (Lipinski definition) is 5. The van der Waals surface area contributed by atoms with Crippen LogP contribution in [-0.2, 0) is 16.0 Å². The molecule has 1 heterocycles. The molecule has 140 valence electrons. The Labute approximate surface area is 153 Å². The number of rotatable bonds is 6. The van der Waals surface area contributed by atoms with Gasteiger partial charge in [-0.05, 0) is 30.2 Å². The van der Waals surface area contributed by atoms with Crippen LogP contribution in [0.2, 0.25) is 0 Å². The third-order valence-electron chi connectivity index (χ3n) is 4.02. The van der Waals surface area contributed by atoms with Crippen LogP contribution in [0.3, 0.4) is 0 Å². The van der Waals surface area contributed by atoms with Gasteiger partial charge in [0.05, 0.1) is 10.6 Å². The monoisotopic (exact) mass is 373 g/mol. The number of ether oxygens (including phenoxy) is 1. The first kappa shape index (κ1) is 18.3. The summed E-state index contributed by atoms with van der Waals surface area (Å²) in [5.41, 5.74) is 0.711. The minimum Gasteiger partial charge on any atom is -0.482 e. The molecular formula is C18H16FN3O5. The quantitative estimate of drug-likeness (QED) is 0.615. The summed E-state index contributed by atoms with van der Waals surface area (Å²) in [6.07, 6.45) is 0.433. The fourth-order valence-corrected chi connectivity index (χ4v) is 2.72. The van der Waals surface area contributed by atoms with Crippen LogP contribution in [0.1, 0.15) is 5.56 Å². The molecule has 0 spiro atoms. The Kier molecular flexibility index (Phi) is 5.30. The molecule has 2 aromatic rings. The van der Waals surface area contributed by atoms with Gasteiger partial charge in [-0.1, -0.05) is 12.1 Å². The van der Waals surface area contributed by atoms with Gasteiger partial charge in [-0.25, -0.2) is 4.39 Å². The van der Waals surface area contributed by atoms with Crippen molar-refractivity contribution in [2.75, 3.05) is 24.6 Å². The molecule has 2 aromatic carbocycles. The van der Waals surface area contributed by atoms with Crippen LogP contribution in [0.15, 0.2) is 42.5 Å². The summed E-state index contributed by atoms with van der Waals surface area (Å²) in [4.78, 5) is 35.8. The van der Waals surface area contributed by atoms with Gasteiger partial charge in [-0.15, -0.1) is 0 Å². The maximum absolute atomic E-state index is 13.1. The molecule has 9 heteroatoms. The number of carbonyl (C=O) groups excluding carboxylic acids is 2. The Balaban J connectivity index is 1.64. The SMILES string of the molecule is O=C(CN1C(=O)COc2ccc([N+](=O)[O-])cc21)NCCc1cccc(F)c1. The largest absolute Gasteiger partial charge is 0.482 e. The minimum absolute atomic E-state index is 0.181. The summed E-state index contributed by atoms with van der Waals surface area (Å²) in [7, 11) is 0. The number of benzene rings is 2. The van der Waals surface area contributed by atoms with E-state index in [1.54, 1.807) is 12.1 Å². The molecule has 0 aliphatic carbocycles. The second kappa shape index (κ2) is 7.81. The van der Waals surface area contributed by atoms with Crippen LogP contribution in [0.4, 0.5) is 15.8 Å². The number of nitro benzene ring substituents is 1. The molecule has 1 N–H and O–H groups in total. The van der Waals surface area contributed by atoms with E-state index < -0.39 is 16.7 Å². The van der Waals surface area contributed by atoms with Crippen LogP contribution < -0.4 is 15.0 Å². The molecule has 0 unspecified atom stereocenters. The standard InChI is InChI=1S/C18H16FN3O5/c19-13-3-1-2-12(8-13)6-7-20-17(23)10-21-15-9-14(22(25)26)4-5-16(15)27-11-18(21)24/h1-5,8-9H,6-7,10-11H2,(H,20,23). The van der Waals surface area contributed by atoms with Crippen molar-refractivity contribution in [1.29, 1.82) is 0 Å². The van der Waals surface area contributed by atoms with E-state index in [2.05, 4.69) is 5.32 Å². The Morgan fingerprint density at radius 1 is 1.30 bits per heavy atom. The lowest BCUT2D eigenvalue weighted by atomic mass is 10.1. The van der Waals surface area contributed by atoms with Gasteiger partial charge in [-0.3, -0.25) is 24.6 Å². The third-order valence-corrected chi connectivity index (χ3v) is 4.02. The Morgan fingerprint density at radius 2 is 2.11 bits per heavy atom. The summed E-state index contributed by atoms with van der Waals surface area (Å²) in [6, 6.07) is 9.92. The molecule has 27 heavy (non-hydrogen) atoms. The normalized spacial score (nSPS) is 12.9. The van der Waals surface area contributed by atoms with Gasteiger partial charge in [0.25, 0.3) is 11.6 Å². The van der Waals surface area contributed by atoms with E-state index in [1.165, 1.54) is 30.3 Å². The molecule has 0 bridgehead atoms. The molecule has 8 nitrogen and oxygen atoms in total. The molecule has 2 amide bonds. The number of halogens is 1. The van der Waals surface area contributed by atoms with Gasteiger partial charge >= 0.3 is 0 Å². The van der Waals surface area contributed by atoms with E-state index in [9.17, 15) is 24.1 Å². The first-order valence-corrected chi connectivity index (χ1v) is 8.17. The molecule has 0 saturated carbocycles. The van der Waals surface area contributed by atoms with Crippen molar-refractivity contribution in [2.24, 2.45) is 0 Å². The van der Waals surface area contributed by atoms with Crippen molar-refractivity contribution in [2.45, 2.75) is 6.42 Å². The average molecular weight is 373 g/mol. The van der Waals surface area contributed by atoms with Crippen LogP contribution in [0.25, 0.3) is 0 Å². The van der Waals surface area contributed by atoms with Crippen molar-refractivity contribution in [3.05, 3.63) is 64.0 Å². The molecule has 0 aromatic heterocycles. The van der Waals surface area contributed by atoms with E-state index in [1.807, 2.05) is 0 Å².